The SMILES string of the molecule is CCCCCCOc1ccc(C2=Cc3ccc4c(c3OC2)C=CC(C)(CC)O4)c(OCc2ccccc2)c1. The molecule has 0 saturated heterocycles. The first-order chi connectivity index (χ1) is 18.6. The number of benzene rings is 3. The summed E-state index contributed by atoms with van der Waals surface area (Å²) in [7, 11) is 0. The second-order valence-corrected chi connectivity index (χ2v) is 10.3. The van der Waals surface area contributed by atoms with Crippen LogP contribution in [0.5, 0.6) is 23.0 Å². The van der Waals surface area contributed by atoms with E-state index in [1.54, 1.807) is 0 Å². The molecule has 4 heteroatoms. The van der Waals surface area contributed by atoms with Crippen LogP contribution in [0.25, 0.3) is 17.7 Å². The molecule has 0 bridgehead atoms. The van der Waals surface area contributed by atoms with Crippen LogP contribution in [-0.2, 0) is 6.61 Å². The van der Waals surface area contributed by atoms with Gasteiger partial charge in [-0.25, -0.2) is 0 Å². The largest absolute Gasteiger partial charge is 0.493 e. The maximum atomic E-state index is 6.37. The lowest BCUT2D eigenvalue weighted by Crippen LogP contribution is -2.31. The zero-order valence-corrected chi connectivity index (χ0v) is 22.8. The Morgan fingerprint density at radius 3 is 2.61 bits per heavy atom. The number of hydrogen-bond acceptors (Lipinski definition) is 4. The summed E-state index contributed by atoms with van der Waals surface area (Å²) in [6.45, 7) is 8.14. The Hall–Kier alpha value is -3.66. The summed E-state index contributed by atoms with van der Waals surface area (Å²) < 4.78 is 25.1. The number of fused-ring (bicyclic) bond motifs is 3. The molecule has 4 nitrogen and oxygen atoms in total. The van der Waals surface area contributed by atoms with Gasteiger partial charge in [-0.15, -0.1) is 0 Å². The van der Waals surface area contributed by atoms with Gasteiger partial charge in [-0.3, -0.25) is 0 Å². The Balaban J connectivity index is 1.41. The molecule has 0 spiro atoms. The summed E-state index contributed by atoms with van der Waals surface area (Å²) in [4.78, 5) is 0. The molecule has 0 aromatic heterocycles. The molecule has 0 amide bonds. The average molecular weight is 511 g/mol. The summed E-state index contributed by atoms with van der Waals surface area (Å²) in [5.41, 5.74) is 5.00. The van der Waals surface area contributed by atoms with Crippen molar-refractivity contribution >= 4 is 17.7 Å². The van der Waals surface area contributed by atoms with Crippen LogP contribution in [0.3, 0.4) is 0 Å². The van der Waals surface area contributed by atoms with Crippen molar-refractivity contribution in [3.8, 4) is 23.0 Å². The van der Waals surface area contributed by atoms with Crippen molar-refractivity contribution in [1.82, 2.24) is 0 Å². The van der Waals surface area contributed by atoms with E-state index in [9.17, 15) is 0 Å². The summed E-state index contributed by atoms with van der Waals surface area (Å²) in [6, 6.07) is 20.5. The molecular weight excluding hydrogens is 472 g/mol. The highest BCUT2D eigenvalue weighted by atomic mass is 16.5. The van der Waals surface area contributed by atoms with E-state index in [1.165, 1.54) is 19.3 Å². The van der Waals surface area contributed by atoms with Crippen LogP contribution in [0.2, 0.25) is 0 Å². The smallest absolute Gasteiger partial charge is 0.137 e. The predicted molar refractivity (Wildman–Crippen MR) is 155 cm³/mol. The Bertz CT molecular complexity index is 1310. The molecule has 0 saturated carbocycles. The highest BCUT2D eigenvalue weighted by Gasteiger charge is 2.29. The van der Waals surface area contributed by atoms with Gasteiger partial charge < -0.3 is 18.9 Å². The minimum absolute atomic E-state index is 0.276. The molecule has 2 aliphatic rings. The Labute approximate surface area is 226 Å². The van der Waals surface area contributed by atoms with Crippen molar-refractivity contribution in [2.24, 2.45) is 0 Å². The number of ether oxygens (including phenoxy) is 4. The van der Waals surface area contributed by atoms with Gasteiger partial charge in [0.25, 0.3) is 0 Å². The Morgan fingerprint density at radius 2 is 1.79 bits per heavy atom. The highest BCUT2D eigenvalue weighted by Crippen LogP contribution is 2.44. The third kappa shape index (κ3) is 5.91. The van der Waals surface area contributed by atoms with E-state index in [-0.39, 0.29) is 5.60 Å². The van der Waals surface area contributed by atoms with Gasteiger partial charge in [0, 0.05) is 22.8 Å². The van der Waals surface area contributed by atoms with Crippen molar-refractivity contribution < 1.29 is 18.9 Å². The van der Waals surface area contributed by atoms with Crippen molar-refractivity contribution in [1.29, 1.82) is 0 Å². The molecule has 3 aromatic carbocycles. The minimum Gasteiger partial charge on any atom is -0.493 e. The van der Waals surface area contributed by atoms with E-state index in [1.807, 2.05) is 30.3 Å². The molecule has 3 aromatic rings. The maximum Gasteiger partial charge on any atom is 0.137 e. The lowest BCUT2D eigenvalue weighted by Gasteiger charge is -2.32. The number of rotatable bonds is 11. The summed E-state index contributed by atoms with van der Waals surface area (Å²) in [5, 5.41) is 0. The van der Waals surface area contributed by atoms with Gasteiger partial charge in [0.05, 0.1) is 12.2 Å². The first kappa shape index (κ1) is 26.0. The van der Waals surface area contributed by atoms with Gasteiger partial charge in [-0.1, -0.05) is 63.4 Å². The van der Waals surface area contributed by atoms with E-state index >= 15 is 0 Å². The first-order valence-corrected chi connectivity index (χ1v) is 13.9. The van der Waals surface area contributed by atoms with E-state index in [0.29, 0.717) is 19.8 Å². The zero-order chi connectivity index (χ0) is 26.4. The van der Waals surface area contributed by atoms with E-state index in [2.05, 4.69) is 69.3 Å². The van der Waals surface area contributed by atoms with Crippen molar-refractivity contribution in [3.63, 3.8) is 0 Å². The van der Waals surface area contributed by atoms with Gasteiger partial charge >= 0.3 is 0 Å². The maximum absolute atomic E-state index is 6.37. The van der Waals surface area contributed by atoms with Crippen LogP contribution in [0, 0.1) is 0 Å². The Kier molecular flexibility index (Phi) is 8.07. The zero-order valence-electron chi connectivity index (χ0n) is 22.8. The highest BCUT2D eigenvalue weighted by molar-refractivity contribution is 5.90. The lowest BCUT2D eigenvalue weighted by molar-refractivity contribution is 0.132. The van der Waals surface area contributed by atoms with Crippen molar-refractivity contribution in [2.45, 2.75) is 65.1 Å². The number of unbranched alkanes of at least 4 members (excludes halogenated alkanes) is 3. The lowest BCUT2D eigenvalue weighted by atomic mass is 9.94. The molecule has 2 aliphatic heterocycles. The number of hydrogen-bond donors (Lipinski definition) is 0. The van der Waals surface area contributed by atoms with E-state index < -0.39 is 0 Å². The molecular formula is C34H38O4. The van der Waals surface area contributed by atoms with Gasteiger partial charge in [-0.2, -0.15) is 0 Å². The minimum atomic E-state index is -0.276. The van der Waals surface area contributed by atoms with Crippen LogP contribution < -0.4 is 18.9 Å². The summed E-state index contributed by atoms with van der Waals surface area (Å²) in [5.74, 6) is 3.39. The molecule has 2 heterocycles. The van der Waals surface area contributed by atoms with Crippen LogP contribution in [0.15, 0.2) is 66.7 Å². The fraction of sp³-hybridized carbons (Fsp3) is 0.353. The van der Waals surface area contributed by atoms with Gasteiger partial charge in [0.15, 0.2) is 0 Å². The van der Waals surface area contributed by atoms with Crippen LogP contribution in [0.1, 0.15) is 75.1 Å². The molecule has 0 radical (unpaired) electrons. The van der Waals surface area contributed by atoms with Gasteiger partial charge in [-0.05, 0) is 67.8 Å². The molecule has 0 fully saturated rings. The molecule has 0 aliphatic carbocycles. The van der Waals surface area contributed by atoms with Gasteiger partial charge in [0.1, 0.15) is 41.8 Å². The molecule has 1 unspecified atom stereocenters. The third-order valence-electron chi connectivity index (χ3n) is 7.34. The fourth-order valence-electron chi connectivity index (χ4n) is 4.82. The molecule has 0 N–H and O–H groups in total. The van der Waals surface area contributed by atoms with Crippen molar-refractivity contribution in [3.05, 3.63) is 89.0 Å². The van der Waals surface area contributed by atoms with E-state index in [4.69, 9.17) is 18.9 Å². The van der Waals surface area contributed by atoms with Gasteiger partial charge in [0.2, 0.25) is 0 Å². The van der Waals surface area contributed by atoms with Crippen molar-refractivity contribution in [2.75, 3.05) is 13.2 Å². The Morgan fingerprint density at radius 1 is 0.921 bits per heavy atom. The predicted octanol–water partition coefficient (Wildman–Crippen LogP) is 8.73. The van der Waals surface area contributed by atoms with Crippen LogP contribution >= 0.6 is 0 Å². The molecule has 1 atom stereocenters. The standard InChI is InChI=1S/C34H38O4/c1-4-6-7-11-20-35-28-15-16-29(32(22-28)36-23-25-12-9-8-10-13-25)27-21-26-14-17-31-30(33(26)37-24-27)18-19-34(3,5-2)38-31/h8-10,12-19,21-22H,4-7,11,20,23-24H2,1-3H3. The van der Waals surface area contributed by atoms with Crippen LogP contribution in [0.4, 0.5) is 0 Å². The average Bonchev–Trinajstić information content (AvgIpc) is 2.96. The second kappa shape index (κ2) is 11.8. The normalized spacial score (nSPS) is 17.5. The monoisotopic (exact) mass is 510 g/mol. The summed E-state index contributed by atoms with van der Waals surface area (Å²) in [6.07, 6.45) is 12.1. The molecule has 198 valence electrons. The van der Waals surface area contributed by atoms with Crippen LogP contribution in [-0.4, -0.2) is 18.8 Å². The molecule has 5 rings (SSSR count). The topological polar surface area (TPSA) is 36.9 Å². The quantitative estimate of drug-likeness (QED) is 0.242. The summed E-state index contributed by atoms with van der Waals surface area (Å²) >= 11 is 0. The first-order valence-electron chi connectivity index (χ1n) is 13.9. The molecule has 38 heavy (non-hydrogen) atoms. The second-order valence-electron chi connectivity index (χ2n) is 10.3. The third-order valence-corrected chi connectivity index (χ3v) is 7.34. The fourth-order valence-corrected chi connectivity index (χ4v) is 4.82. The van der Waals surface area contributed by atoms with E-state index in [0.717, 1.165) is 63.7 Å².